The van der Waals surface area contributed by atoms with Gasteiger partial charge in [-0.05, 0) is 43.2 Å². The molecule has 0 heterocycles. The molecule has 2 atom stereocenters. The maximum absolute atomic E-state index is 13.8. The van der Waals surface area contributed by atoms with E-state index in [-0.39, 0.29) is 16.5 Å². The monoisotopic (exact) mass is 360 g/mol. The quantitative estimate of drug-likeness (QED) is 0.618. The van der Waals surface area contributed by atoms with Gasteiger partial charge in [-0.25, -0.2) is 8.78 Å². The number of anilines is 2. The van der Waals surface area contributed by atoms with Crippen molar-refractivity contribution in [2.75, 3.05) is 10.6 Å². The molecule has 0 aromatic heterocycles. The highest BCUT2D eigenvalue weighted by atomic mass is 35.5. The van der Waals surface area contributed by atoms with Crippen molar-refractivity contribution in [3.05, 3.63) is 78.5 Å². The Morgan fingerprint density at radius 2 is 1.88 bits per heavy atom. The van der Waals surface area contributed by atoms with E-state index >= 15 is 0 Å². The zero-order valence-corrected chi connectivity index (χ0v) is 14.6. The number of benzene rings is 2. The first kappa shape index (κ1) is 17.5. The van der Waals surface area contributed by atoms with Crippen molar-refractivity contribution in [1.29, 1.82) is 0 Å². The third kappa shape index (κ3) is 4.02. The average molecular weight is 361 g/mol. The summed E-state index contributed by atoms with van der Waals surface area (Å²) in [6.45, 7) is 9.97. The van der Waals surface area contributed by atoms with Crippen LogP contribution in [0, 0.1) is 17.6 Å². The van der Waals surface area contributed by atoms with Gasteiger partial charge in [0.1, 0.15) is 11.6 Å². The van der Waals surface area contributed by atoms with Crippen LogP contribution >= 0.6 is 11.6 Å². The van der Waals surface area contributed by atoms with E-state index in [0.717, 1.165) is 29.4 Å². The second-order valence-electron chi connectivity index (χ2n) is 6.49. The molecule has 0 saturated heterocycles. The minimum Gasteiger partial charge on any atom is -0.359 e. The Morgan fingerprint density at radius 1 is 1.16 bits per heavy atom. The Bertz CT molecular complexity index is 845. The third-order valence-electron chi connectivity index (χ3n) is 4.32. The summed E-state index contributed by atoms with van der Waals surface area (Å²) in [7, 11) is 0. The number of allylic oxidation sites excluding steroid dienone is 1. The maximum Gasteiger partial charge on any atom is 0.149 e. The van der Waals surface area contributed by atoms with Crippen molar-refractivity contribution >= 4 is 28.7 Å². The van der Waals surface area contributed by atoms with E-state index in [9.17, 15) is 8.78 Å². The summed E-state index contributed by atoms with van der Waals surface area (Å²) >= 11 is 6.28. The molecule has 2 N–H and O–H groups in total. The molecular weight excluding hydrogens is 342 g/mol. The number of hydrogen-bond acceptors (Lipinski definition) is 2. The molecule has 1 fully saturated rings. The lowest BCUT2D eigenvalue weighted by Gasteiger charge is -2.14. The van der Waals surface area contributed by atoms with Gasteiger partial charge in [0.25, 0.3) is 0 Å². The number of rotatable bonds is 6. The molecule has 0 amide bonds. The Labute approximate surface area is 151 Å². The van der Waals surface area contributed by atoms with E-state index in [1.807, 2.05) is 31.2 Å². The van der Waals surface area contributed by atoms with Gasteiger partial charge in [-0.15, -0.1) is 11.6 Å². The highest BCUT2D eigenvalue weighted by Crippen LogP contribution is 2.52. The fraction of sp³-hybridized carbons (Fsp3) is 0.200. The third-order valence-corrected chi connectivity index (χ3v) is 4.74. The van der Waals surface area contributed by atoms with Crippen LogP contribution in [0.2, 0.25) is 0 Å². The van der Waals surface area contributed by atoms with Crippen molar-refractivity contribution in [2.24, 2.45) is 5.92 Å². The maximum atomic E-state index is 13.8. The Kier molecular flexibility index (Phi) is 4.56. The van der Waals surface area contributed by atoms with E-state index in [2.05, 4.69) is 23.8 Å². The summed E-state index contributed by atoms with van der Waals surface area (Å²) in [5.74, 6) is -1.05. The van der Waals surface area contributed by atoms with E-state index < -0.39 is 11.6 Å². The first-order valence-electron chi connectivity index (χ1n) is 7.92. The normalized spacial score (nSPS) is 21.5. The van der Waals surface area contributed by atoms with Crippen LogP contribution in [0.4, 0.5) is 20.2 Å². The van der Waals surface area contributed by atoms with Crippen molar-refractivity contribution in [3.8, 4) is 0 Å². The molecule has 2 unspecified atom stereocenters. The van der Waals surface area contributed by atoms with Gasteiger partial charge in [0.05, 0.1) is 10.6 Å². The number of halogens is 3. The zero-order chi connectivity index (χ0) is 18.2. The van der Waals surface area contributed by atoms with Crippen molar-refractivity contribution < 1.29 is 8.78 Å². The Hall–Kier alpha value is -2.33. The SMILES string of the molecule is C=C(Nc1ccc(F)cc1F)c1cccc(NC(=C)C2CC2(C)Cl)c1. The van der Waals surface area contributed by atoms with E-state index in [0.29, 0.717) is 5.70 Å². The zero-order valence-electron chi connectivity index (χ0n) is 13.9. The Balaban J connectivity index is 1.70. The van der Waals surface area contributed by atoms with Crippen LogP contribution in [0.5, 0.6) is 0 Å². The van der Waals surface area contributed by atoms with Crippen molar-refractivity contribution in [1.82, 2.24) is 0 Å². The minimum atomic E-state index is -0.668. The number of hydrogen-bond donors (Lipinski definition) is 2. The number of nitrogens with one attached hydrogen (secondary N) is 2. The Morgan fingerprint density at radius 3 is 2.52 bits per heavy atom. The molecule has 1 saturated carbocycles. The van der Waals surface area contributed by atoms with Crippen LogP contribution in [0.15, 0.2) is 61.3 Å². The highest BCUT2D eigenvalue weighted by molar-refractivity contribution is 6.26. The lowest BCUT2D eigenvalue weighted by atomic mass is 10.1. The van der Waals surface area contributed by atoms with Crippen LogP contribution in [0.1, 0.15) is 18.9 Å². The summed E-state index contributed by atoms with van der Waals surface area (Å²) in [4.78, 5) is -0.215. The van der Waals surface area contributed by atoms with Gasteiger partial charge in [0.15, 0.2) is 0 Å². The van der Waals surface area contributed by atoms with Gasteiger partial charge in [-0.3, -0.25) is 0 Å². The molecule has 3 rings (SSSR count). The predicted octanol–water partition coefficient (Wildman–Crippen LogP) is 5.99. The van der Waals surface area contributed by atoms with Crippen molar-refractivity contribution in [3.63, 3.8) is 0 Å². The number of alkyl halides is 1. The first-order chi connectivity index (χ1) is 11.8. The van der Waals surface area contributed by atoms with E-state index in [1.165, 1.54) is 12.1 Å². The average Bonchev–Trinajstić information content (AvgIpc) is 3.19. The second kappa shape index (κ2) is 6.52. The topological polar surface area (TPSA) is 24.1 Å². The molecule has 0 bridgehead atoms. The molecule has 0 aliphatic heterocycles. The summed E-state index contributed by atoms with van der Waals surface area (Å²) in [6.07, 6.45) is 0.901. The summed E-state index contributed by atoms with van der Waals surface area (Å²) in [5.41, 5.74) is 3.19. The molecule has 130 valence electrons. The molecule has 5 heteroatoms. The summed E-state index contributed by atoms with van der Waals surface area (Å²) in [6, 6.07) is 10.9. The first-order valence-corrected chi connectivity index (χ1v) is 8.30. The molecule has 1 aliphatic rings. The van der Waals surface area contributed by atoms with Gasteiger partial charge < -0.3 is 10.6 Å². The molecule has 2 aromatic rings. The van der Waals surface area contributed by atoms with Gasteiger partial charge in [0.2, 0.25) is 0 Å². The molecular formula is C20H19ClF2N2. The standard InChI is InChI=1S/C20H19ClF2N2/c1-12(25-19-8-7-15(22)10-18(19)23)14-5-4-6-16(9-14)24-13(2)17-11-20(17,3)21/h4-10,17,24-25H,1-2,11H2,3H3. The van der Waals surface area contributed by atoms with Gasteiger partial charge in [-0.2, -0.15) is 0 Å². The molecule has 0 radical (unpaired) electrons. The lowest BCUT2D eigenvalue weighted by molar-refractivity contribution is 0.586. The summed E-state index contributed by atoms with van der Waals surface area (Å²) in [5, 5.41) is 6.14. The summed E-state index contributed by atoms with van der Waals surface area (Å²) < 4.78 is 26.8. The molecule has 1 aliphatic carbocycles. The van der Waals surface area contributed by atoms with Crippen LogP contribution in [0.25, 0.3) is 5.70 Å². The fourth-order valence-corrected chi connectivity index (χ4v) is 3.00. The van der Waals surface area contributed by atoms with Crippen LogP contribution in [-0.2, 0) is 0 Å². The molecule has 2 aromatic carbocycles. The molecule has 25 heavy (non-hydrogen) atoms. The second-order valence-corrected chi connectivity index (χ2v) is 7.36. The van der Waals surface area contributed by atoms with Gasteiger partial charge in [-0.1, -0.05) is 25.3 Å². The molecule has 2 nitrogen and oxygen atoms in total. The van der Waals surface area contributed by atoms with Gasteiger partial charge in [0, 0.05) is 29.1 Å². The van der Waals surface area contributed by atoms with Crippen LogP contribution in [-0.4, -0.2) is 4.87 Å². The molecule has 0 spiro atoms. The minimum absolute atomic E-state index is 0.171. The van der Waals surface area contributed by atoms with E-state index in [1.54, 1.807) is 0 Å². The van der Waals surface area contributed by atoms with Crippen molar-refractivity contribution in [2.45, 2.75) is 18.2 Å². The lowest BCUT2D eigenvalue weighted by Crippen LogP contribution is -2.06. The largest absolute Gasteiger partial charge is 0.359 e. The highest BCUT2D eigenvalue weighted by Gasteiger charge is 2.50. The van der Waals surface area contributed by atoms with Crippen LogP contribution < -0.4 is 10.6 Å². The predicted molar refractivity (Wildman–Crippen MR) is 101 cm³/mol. The smallest absolute Gasteiger partial charge is 0.149 e. The van der Waals surface area contributed by atoms with E-state index in [4.69, 9.17) is 11.6 Å². The fourth-order valence-electron chi connectivity index (χ4n) is 2.71. The van der Waals surface area contributed by atoms with Crippen LogP contribution in [0.3, 0.4) is 0 Å². The van der Waals surface area contributed by atoms with Gasteiger partial charge >= 0.3 is 0 Å².